The Bertz CT molecular complexity index is 391. The summed E-state index contributed by atoms with van der Waals surface area (Å²) < 4.78 is 0. The summed E-state index contributed by atoms with van der Waals surface area (Å²) in [5.74, 6) is 0.882. The second-order valence-corrected chi connectivity index (χ2v) is 5.68. The lowest BCUT2D eigenvalue weighted by Gasteiger charge is -2.29. The molecule has 98 valence electrons. The van der Waals surface area contributed by atoms with Gasteiger partial charge in [0.2, 0.25) is 0 Å². The summed E-state index contributed by atoms with van der Waals surface area (Å²) in [4.78, 5) is 14.5. The van der Waals surface area contributed by atoms with Crippen molar-refractivity contribution in [1.29, 1.82) is 0 Å². The lowest BCUT2D eigenvalue weighted by atomic mass is 9.89. The maximum atomic E-state index is 12.4. The number of hydrogen-bond donors (Lipinski definition) is 1. The van der Waals surface area contributed by atoms with E-state index in [1.165, 1.54) is 44.9 Å². The molecule has 0 bridgehead atoms. The lowest BCUT2D eigenvalue weighted by molar-refractivity contribution is 0.0699. The van der Waals surface area contributed by atoms with E-state index in [4.69, 9.17) is 0 Å². The Hall–Kier alpha value is -1.32. The third kappa shape index (κ3) is 2.57. The van der Waals surface area contributed by atoms with Gasteiger partial charge < -0.3 is 4.90 Å². The zero-order chi connectivity index (χ0) is 12.4. The summed E-state index contributed by atoms with van der Waals surface area (Å²) >= 11 is 0. The van der Waals surface area contributed by atoms with Crippen LogP contribution in [0.2, 0.25) is 0 Å². The number of amides is 1. The first-order valence-electron chi connectivity index (χ1n) is 7.14. The predicted octanol–water partition coefficient (Wildman–Crippen LogP) is 2.59. The van der Waals surface area contributed by atoms with Gasteiger partial charge in [-0.15, -0.1) is 0 Å². The topological polar surface area (TPSA) is 49.0 Å². The van der Waals surface area contributed by atoms with Gasteiger partial charge in [0.25, 0.3) is 5.91 Å². The molecule has 1 N–H and O–H groups in total. The summed E-state index contributed by atoms with van der Waals surface area (Å²) in [6, 6.07) is 0.495. The van der Waals surface area contributed by atoms with E-state index in [2.05, 4.69) is 15.1 Å². The van der Waals surface area contributed by atoms with E-state index in [1.807, 2.05) is 0 Å². The molecule has 0 spiro atoms. The van der Waals surface area contributed by atoms with E-state index in [9.17, 15) is 4.79 Å². The van der Waals surface area contributed by atoms with Crippen molar-refractivity contribution in [2.75, 3.05) is 6.54 Å². The second-order valence-electron chi connectivity index (χ2n) is 5.68. The van der Waals surface area contributed by atoms with Crippen LogP contribution in [0.1, 0.15) is 55.3 Å². The smallest absolute Gasteiger partial charge is 0.257 e. The number of aromatic nitrogens is 2. The van der Waals surface area contributed by atoms with Crippen molar-refractivity contribution < 1.29 is 4.79 Å². The highest BCUT2D eigenvalue weighted by molar-refractivity contribution is 5.94. The number of H-pyrrole nitrogens is 1. The molecule has 0 saturated heterocycles. The number of carbonyl (C=O) groups is 1. The Balaban J connectivity index is 1.66. The third-order valence-electron chi connectivity index (χ3n) is 4.17. The van der Waals surface area contributed by atoms with E-state index < -0.39 is 0 Å². The number of nitrogens with zero attached hydrogens (tertiary/aromatic N) is 2. The largest absolute Gasteiger partial charge is 0.335 e. The summed E-state index contributed by atoms with van der Waals surface area (Å²) in [7, 11) is 0. The molecule has 0 aliphatic heterocycles. The van der Waals surface area contributed by atoms with Crippen molar-refractivity contribution in [1.82, 2.24) is 15.1 Å². The zero-order valence-corrected chi connectivity index (χ0v) is 10.8. The lowest BCUT2D eigenvalue weighted by Crippen LogP contribution is -2.37. The average molecular weight is 247 g/mol. The highest BCUT2D eigenvalue weighted by atomic mass is 16.2. The molecule has 0 unspecified atom stereocenters. The van der Waals surface area contributed by atoms with Gasteiger partial charge in [-0.3, -0.25) is 9.89 Å². The van der Waals surface area contributed by atoms with Crippen molar-refractivity contribution in [3.8, 4) is 0 Å². The fourth-order valence-electron chi connectivity index (χ4n) is 2.97. The molecule has 1 aromatic rings. The molecule has 3 rings (SSSR count). The van der Waals surface area contributed by atoms with Gasteiger partial charge in [0.05, 0.1) is 11.8 Å². The number of rotatable bonds is 4. The molecule has 1 amide bonds. The van der Waals surface area contributed by atoms with E-state index in [0.717, 1.165) is 12.5 Å². The molecule has 0 atom stereocenters. The highest BCUT2D eigenvalue weighted by Crippen LogP contribution is 2.32. The van der Waals surface area contributed by atoms with Gasteiger partial charge in [0.15, 0.2) is 0 Å². The molecule has 2 fully saturated rings. The molecule has 1 heterocycles. The van der Waals surface area contributed by atoms with Gasteiger partial charge in [-0.2, -0.15) is 5.10 Å². The minimum Gasteiger partial charge on any atom is -0.335 e. The first-order chi connectivity index (χ1) is 8.84. The third-order valence-corrected chi connectivity index (χ3v) is 4.17. The summed E-state index contributed by atoms with van der Waals surface area (Å²) in [5, 5.41) is 6.61. The summed E-state index contributed by atoms with van der Waals surface area (Å²) in [6.07, 6.45) is 12.3. The SMILES string of the molecule is O=C(c1cn[nH]c1)N(CC1CCCCC1)C1CC1. The Morgan fingerprint density at radius 3 is 2.67 bits per heavy atom. The van der Waals surface area contributed by atoms with Gasteiger partial charge in [-0.1, -0.05) is 19.3 Å². The molecular weight excluding hydrogens is 226 g/mol. The van der Waals surface area contributed by atoms with Crippen LogP contribution in [0.25, 0.3) is 0 Å². The van der Waals surface area contributed by atoms with E-state index >= 15 is 0 Å². The minimum atomic E-state index is 0.164. The van der Waals surface area contributed by atoms with Crippen molar-refractivity contribution in [2.45, 2.75) is 51.0 Å². The van der Waals surface area contributed by atoms with Crippen molar-refractivity contribution in [2.24, 2.45) is 5.92 Å². The summed E-state index contributed by atoms with van der Waals surface area (Å²) in [5.41, 5.74) is 0.706. The van der Waals surface area contributed by atoms with Crippen molar-refractivity contribution >= 4 is 5.91 Å². The van der Waals surface area contributed by atoms with Crippen LogP contribution in [0.5, 0.6) is 0 Å². The van der Waals surface area contributed by atoms with Crippen LogP contribution in [0.4, 0.5) is 0 Å². The Labute approximate surface area is 108 Å². The van der Waals surface area contributed by atoms with Gasteiger partial charge in [-0.05, 0) is 31.6 Å². The van der Waals surface area contributed by atoms with Gasteiger partial charge >= 0.3 is 0 Å². The Morgan fingerprint density at radius 2 is 2.06 bits per heavy atom. The predicted molar refractivity (Wildman–Crippen MR) is 69.2 cm³/mol. The highest BCUT2D eigenvalue weighted by Gasteiger charge is 2.34. The molecule has 2 saturated carbocycles. The van der Waals surface area contributed by atoms with E-state index in [1.54, 1.807) is 12.4 Å². The monoisotopic (exact) mass is 247 g/mol. The Morgan fingerprint density at radius 1 is 1.28 bits per heavy atom. The number of aromatic amines is 1. The zero-order valence-electron chi connectivity index (χ0n) is 10.8. The van der Waals surface area contributed by atoms with E-state index in [0.29, 0.717) is 11.6 Å². The van der Waals surface area contributed by atoms with E-state index in [-0.39, 0.29) is 5.91 Å². The van der Waals surface area contributed by atoms with Gasteiger partial charge in [0.1, 0.15) is 0 Å². The molecule has 4 heteroatoms. The fraction of sp³-hybridized carbons (Fsp3) is 0.714. The summed E-state index contributed by atoms with van der Waals surface area (Å²) in [6.45, 7) is 0.953. The quantitative estimate of drug-likeness (QED) is 0.889. The number of carbonyl (C=O) groups excluding carboxylic acids is 1. The number of hydrogen-bond acceptors (Lipinski definition) is 2. The normalized spacial score (nSPS) is 20.9. The fourth-order valence-corrected chi connectivity index (χ4v) is 2.97. The number of nitrogens with one attached hydrogen (secondary N) is 1. The maximum absolute atomic E-state index is 12.4. The van der Waals surface area contributed by atoms with Crippen LogP contribution >= 0.6 is 0 Å². The Kier molecular flexibility index (Phi) is 3.35. The first-order valence-corrected chi connectivity index (χ1v) is 7.14. The second kappa shape index (κ2) is 5.12. The van der Waals surface area contributed by atoms with Crippen molar-refractivity contribution in [3.63, 3.8) is 0 Å². The van der Waals surface area contributed by atoms with Crippen LogP contribution in [-0.4, -0.2) is 33.6 Å². The van der Waals surface area contributed by atoms with Crippen LogP contribution < -0.4 is 0 Å². The molecule has 0 radical (unpaired) electrons. The van der Waals surface area contributed by atoms with Gasteiger partial charge in [-0.25, -0.2) is 0 Å². The standard InChI is InChI=1S/C14H21N3O/c18-14(12-8-15-16-9-12)17(13-6-7-13)10-11-4-2-1-3-5-11/h8-9,11,13H,1-7,10H2,(H,15,16). The van der Waals surface area contributed by atoms with Crippen LogP contribution in [0.3, 0.4) is 0 Å². The maximum Gasteiger partial charge on any atom is 0.257 e. The molecular formula is C14H21N3O. The molecule has 2 aliphatic rings. The minimum absolute atomic E-state index is 0.164. The average Bonchev–Trinajstić information content (AvgIpc) is 3.10. The molecule has 0 aromatic carbocycles. The first kappa shape index (κ1) is 11.8. The van der Waals surface area contributed by atoms with Crippen molar-refractivity contribution in [3.05, 3.63) is 18.0 Å². The van der Waals surface area contributed by atoms with Crippen LogP contribution in [-0.2, 0) is 0 Å². The van der Waals surface area contributed by atoms with Crippen LogP contribution in [0, 0.1) is 5.92 Å². The van der Waals surface area contributed by atoms with Gasteiger partial charge in [0, 0.05) is 18.8 Å². The van der Waals surface area contributed by atoms with Crippen LogP contribution in [0.15, 0.2) is 12.4 Å². The molecule has 2 aliphatic carbocycles. The molecule has 4 nitrogen and oxygen atoms in total. The molecule has 1 aromatic heterocycles. The molecule has 18 heavy (non-hydrogen) atoms.